The van der Waals surface area contributed by atoms with E-state index in [9.17, 15) is 9.59 Å². The van der Waals surface area contributed by atoms with Crippen LogP contribution in [0, 0.1) is 0 Å². The van der Waals surface area contributed by atoms with Crippen LogP contribution in [0.4, 0.5) is 5.69 Å². The van der Waals surface area contributed by atoms with Gasteiger partial charge >= 0.3 is 0 Å². The lowest BCUT2D eigenvalue weighted by Gasteiger charge is -2.34. The fraction of sp³-hybridized carbons (Fsp3) is 0.231. The molecule has 0 radical (unpaired) electrons. The molecule has 0 atom stereocenters. The Morgan fingerprint density at radius 1 is 0.781 bits per heavy atom. The molecule has 3 aromatic carbocycles. The number of ether oxygens (including phenoxy) is 1. The number of hydrogen-bond donors (Lipinski definition) is 0. The third kappa shape index (κ3) is 4.09. The fourth-order valence-electron chi connectivity index (χ4n) is 4.14. The lowest BCUT2D eigenvalue weighted by molar-refractivity contribution is -0.137. The van der Waals surface area contributed by atoms with E-state index in [1.807, 2.05) is 48.5 Å². The van der Waals surface area contributed by atoms with E-state index in [1.165, 1.54) is 0 Å². The highest BCUT2D eigenvalue weighted by molar-refractivity contribution is 6.20. The van der Waals surface area contributed by atoms with Gasteiger partial charge in [-0.2, -0.15) is 0 Å². The van der Waals surface area contributed by atoms with Crippen LogP contribution in [0.5, 0.6) is 5.75 Å². The average molecular weight is 428 g/mol. The van der Waals surface area contributed by atoms with Crippen LogP contribution in [0.1, 0.15) is 39.1 Å². The molecule has 1 saturated heterocycles. The van der Waals surface area contributed by atoms with E-state index >= 15 is 0 Å². The SMILES string of the molecule is O=C1c2ccccc2C(=O)N1OC1CCN(c2cccc(OCc3ccccc3)c2)CC1. The van der Waals surface area contributed by atoms with Gasteiger partial charge in [0.05, 0.1) is 17.2 Å². The minimum absolute atomic E-state index is 0.175. The Balaban J connectivity index is 1.17. The monoisotopic (exact) mass is 428 g/mol. The summed E-state index contributed by atoms with van der Waals surface area (Å²) in [5, 5.41) is 0.934. The molecule has 1 fully saturated rings. The molecule has 0 bridgehead atoms. The first-order chi connectivity index (χ1) is 15.7. The van der Waals surface area contributed by atoms with Crippen molar-refractivity contribution in [3.8, 4) is 5.75 Å². The predicted octanol–water partition coefficient (Wildman–Crippen LogP) is 4.46. The number of amides is 2. The Bertz CT molecular complexity index is 1090. The summed E-state index contributed by atoms with van der Waals surface area (Å²) in [4.78, 5) is 33.2. The summed E-state index contributed by atoms with van der Waals surface area (Å²) in [5.41, 5.74) is 3.03. The van der Waals surface area contributed by atoms with E-state index < -0.39 is 0 Å². The van der Waals surface area contributed by atoms with Gasteiger partial charge in [0, 0.05) is 24.8 Å². The molecule has 0 spiro atoms. The lowest BCUT2D eigenvalue weighted by atomic mass is 10.1. The summed E-state index contributed by atoms with van der Waals surface area (Å²) in [7, 11) is 0. The molecule has 5 rings (SSSR count). The van der Waals surface area contributed by atoms with Gasteiger partial charge in [0.15, 0.2) is 0 Å². The van der Waals surface area contributed by atoms with Crippen molar-refractivity contribution in [1.82, 2.24) is 5.06 Å². The Hall–Kier alpha value is -3.64. The first-order valence-electron chi connectivity index (χ1n) is 10.9. The number of fused-ring (bicyclic) bond motifs is 1. The summed E-state index contributed by atoms with van der Waals surface area (Å²) >= 11 is 0. The first kappa shape index (κ1) is 20.3. The summed E-state index contributed by atoms with van der Waals surface area (Å²) in [6, 6.07) is 25.0. The second kappa shape index (κ2) is 8.85. The molecular formula is C26H24N2O4. The minimum Gasteiger partial charge on any atom is -0.489 e. The van der Waals surface area contributed by atoms with Gasteiger partial charge in [0.25, 0.3) is 11.8 Å². The molecule has 6 nitrogen and oxygen atoms in total. The van der Waals surface area contributed by atoms with Crippen molar-refractivity contribution in [2.75, 3.05) is 18.0 Å². The zero-order valence-corrected chi connectivity index (χ0v) is 17.6. The van der Waals surface area contributed by atoms with E-state index in [2.05, 4.69) is 11.0 Å². The summed E-state index contributed by atoms with van der Waals surface area (Å²) in [6.45, 7) is 2.08. The van der Waals surface area contributed by atoms with Crippen LogP contribution in [0.3, 0.4) is 0 Å². The molecule has 0 aliphatic carbocycles. The number of imide groups is 1. The summed E-state index contributed by atoms with van der Waals surface area (Å²) in [5.74, 6) is 0.0725. The molecule has 2 aliphatic rings. The molecule has 0 N–H and O–H groups in total. The number of carbonyl (C=O) groups excluding carboxylic acids is 2. The smallest absolute Gasteiger partial charge is 0.285 e. The molecule has 0 aromatic heterocycles. The van der Waals surface area contributed by atoms with Crippen LogP contribution in [0.25, 0.3) is 0 Å². The summed E-state index contributed by atoms with van der Waals surface area (Å²) < 4.78 is 5.95. The van der Waals surface area contributed by atoms with Crippen molar-refractivity contribution in [1.29, 1.82) is 0 Å². The molecule has 0 saturated carbocycles. The van der Waals surface area contributed by atoms with Crippen molar-refractivity contribution < 1.29 is 19.2 Å². The quantitative estimate of drug-likeness (QED) is 0.543. The van der Waals surface area contributed by atoms with Crippen LogP contribution in [-0.2, 0) is 11.4 Å². The van der Waals surface area contributed by atoms with Crippen LogP contribution >= 0.6 is 0 Å². The van der Waals surface area contributed by atoms with Crippen molar-refractivity contribution >= 4 is 17.5 Å². The standard InChI is InChI=1S/C26H24N2O4/c29-25-23-11-4-5-12-24(23)26(30)28(25)32-21-13-15-27(16-14-21)20-9-6-10-22(17-20)31-18-19-7-2-1-3-8-19/h1-12,17,21H,13-16,18H2. The van der Waals surface area contributed by atoms with Crippen LogP contribution in [0.2, 0.25) is 0 Å². The largest absolute Gasteiger partial charge is 0.489 e. The lowest BCUT2D eigenvalue weighted by Crippen LogP contribution is -2.42. The highest BCUT2D eigenvalue weighted by Crippen LogP contribution is 2.28. The van der Waals surface area contributed by atoms with Gasteiger partial charge in [-0.3, -0.25) is 14.4 Å². The van der Waals surface area contributed by atoms with E-state index in [4.69, 9.17) is 9.57 Å². The third-order valence-corrected chi connectivity index (χ3v) is 5.88. The summed E-state index contributed by atoms with van der Waals surface area (Å²) in [6.07, 6.45) is 1.27. The number of nitrogens with zero attached hydrogens (tertiary/aromatic N) is 2. The molecule has 6 heteroatoms. The van der Waals surface area contributed by atoms with E-state index in [0.29, 0.717) is 17.7 Å². The Morgan fingerprint density at radius 3 is 2.12 bits per heavy atom. The second-order valence-electron chi connectivity index (χ2n) is 8.01. The van der Waals surface area contributed by atoms with Crippen molar-refractivity contribution in [2.24, 2.45) is 0 Å². The van der Waals surface area contributed by atoms with Crippen LogP contribution in [0.15, 0.2) is 78.9 Å². The van der Waals surface area contributed by atoms with Crippen molar-refractivity contribution in [3.05, 3.63) is 95.6 Å². The molecular weight excluding hydrogens is 404 g/mol. The molecule has 32 heavy (non-hydrogen) atoms. The van der Waals surface area contributed by atoms with Gasteiger partial charge in [0.2, 0.25) is 0 Å². The van der Waals surface area contributed by atoms with Crippen molar-refractivity contribution in [3.63, 3.8) is 0 Å². The minimum atomic E-state index is -0.378. The van der Waals surface area contributed by atoms with Gasteiger partial charge in [-0.25, -0.2) is 0 Å². The zero-order valence-electron chi connectivity index (χ0n) is 17.6. The van der Waals surface area contributed by atoms with Gasteiger partial charge in [-0.1, -0.05) is 48.5 Å². The normalized spacial score (nSPS) is 16.4. The van der Waals surface area contributed by atoms with E-state index in [-0.39, 0.29) is 17.9 Å². The molecule has 2 aliphatic heterocycles. The molecule has 2 heterocycles. The highest BCUT2D eigenvalue weighted by Gasteiger charge is 2.38. The van der Waals surface area contributed by atoms with Crippen molar-refractivity contribution in [2.45, 2.75) is 25.6 Å². The van der Waals surface area contributed by atoms with E-state index in [1.54, 1.807) is 24.3 Å². The third-order valence-electron chi connectivity index (χ3n) is 5.88. The Morgan fingerprint density at radius 2 is 1.44 bits per heavy atom. The number of carbonyl (C=O) groups is 2. The Kier molecular flexibility index (Phi) is 5.60. The number of piperidine rings is 1. The highest BCUT2D eigenvalue weighted by atomic mass is 16.7. The fourth-order valence-corrected chi connectivity index (χ4v) is 4.14. The number of benzene rings is 3. The van der Waals surface area contributed by atoms with Gasteiger partial charge in [0.1, 0.15) is 12.4 Å². The van der Waals surface area contributed by atoms with Gasteiger partial charge < -0.3 is 9.64 Å². The first-order valence-corrected chi connectivity index (χ1v) is 10.9. The zero-order chi connectivity index (χ0) is 21.9. The maximum Gasteiger partial charge on any atom is 0.285 e. The van der Waals surface area contributed by atoms with Gasteiger partial charge in [-0.15, -0.1) is 5.06 Å². The number of hydrogen-bond acceptors (Lipinski definition) is 5. The maximum atomic E-state index is 12.5. The Labute approximate surface area is 186 Å². The van der Waals surface area contributed by atoms with Crippen LogP contribution < -0.4 is 9.64 Å². The van der Waals surface area contributed by atoms with E-state index in [0.717, 1.165) is 48.0 Å². The maximum absolute atomic E-state index is 12.5. The topological polar surface area (TPSA) is 59.1 Å². The molecule has 0 unspecified atom stereocenters. The number of anilines is 1. The number of hydroxylamine groups is 2. The average Bonchev–Trinajstić information content (AvgIpc) is 3.09. The number of rotatable bonds is 6. The van der Waals surface area contributed by atoms with Gasteiger partial charge in [-0.05, 0) is 42.7 Å². The molecule has 162 valence electrons. The second-order valence-corrected chi connectivity index (χ2v) is 8.01. The predicted molar refractivity (Wildman–Crippen MR) is 120 cm³/mol. The molecule has 3 aromatic rings. The van der Waals surface area contributed by atoms with Crippen LogP contribution in [-0.4, -0.2) is 36.1 Å². The molecule has 2 amide bonds.